The molecule has 2 aromatic carbocycles. The average Bonchev–Trinajstić information content (AvgIpc) is 2.69. The minimum Gasteiger partial charge on any atom is -0.497 e. The molecule has 27 heavy (non-hydrogen) atoms. The Bertz CT molecular complexity index is 802. The molecule has 0 saturated carbocycles. The van der Waals surface area contributed by atoms with Gasteiger partial charge in [-0.15, -0.1) is 0 Å². The molecule has 0 radical (unpaired) electrons. The van der Waals surface area contributed by atoms with Crippen molar-refractivity contribution >= 4 is 23.0 Å². The first kappa shape index (κ1) is 18.7. The fraction of sp³-hybridized carbons (Fsp3) is 0.316. The van der Waals surface area contributed by atoms with Crippen molar-refractivity contribution < 1.29 is 14.5 Å². The van der Waals surface area contributed by atoms with E-state index in [2.05, 4.69) is 5.32 Å². The molecule has 1 heterocycles. The van der Waals surface area contributed by atoms with E-state index >= 15 is 0 Å². The van der Waals surface area contributed by atoms with E-state index in [0.29, 0.717) is 31.9 Å². The van der Waals surface area contributed by atoms with E-state index in [1.54, 1.807) is 49.6 Å². The van der Waals surface area contributed by atoms with Crippen LogP contribution in [0, 0.1) is 10.1 Å². The highest BCUT2D eigenvalue weighted by Gasteiger charge is 2.24. The molecule has 0 bridgehead atoms. The maximum atomic E-state index is 12.2. The van der Waals surface area contributed by atoms with Gasteiger partial charge >= 0.3 is 0 Å². The molecule has 0 aromatic heterocycles. The number of carbonyl (C=O) groups is 1. The fourth-order valence-corrected chi connectivity index (χ4v) is 3.11. The molecule has 1 aliphatic rings. The Hall–Kier alpha value is -3.13. The summed E-state index contributed by atoms with van der Waals surface area (Å²) in [5, 5.41) is 14.1. The molecule has 1 aliphatic heterocycles. The minimum absolute atomic E-state index is 0.0840. The molecule has 2 aromatic rings. The second-order valence-electron chi connectivity index (χ2n) is 6.29. The number of nitrogens with zero attached hydrogens (tertiary/aromatic N) is 3. The number of nitro benzene ring substituents is 1. The van der Waals surface area contributed by atoms with Crippen LogP contribution < -0.4 is 15.0 Å². The molecule has 0 atom stereocenters. The Morgan fingerprint density at radius 3 is 2.41 bits per heavy atom. The van der Waals surface area contributed by atoms with Gasteiger partial charge in [0.2, 0.25) is 5.91 Å². The van der Waals surface area contributed by atoms with Crippen molar-refractivity contribution in [3.63, 3.8) is 0 Å². The van der Waals surface area contributed by atoms with Crippen LogP contribution in [0.3, 0.4) is 0 Å². The first-order valence-corrected chi connectivity index (χ1v) is 8.71. The standard InChI is InChI=1S/C19H22N4O4/c1-27-16-8-6-15(7-9-16)20-19(24)14-21-10-12-22(13-11-21)17-4-2-3-5-18(17)23(25)26/h2-9H,10-14H2,1H3,(H,20,24). The number of hydrogen-bond donors (Lipinski definition) is 1. The van der Waals surface area contributed by atoms with Crippen molar-refractivity contribution in [3.8, 4) is 5.75 Å². The lowest BCUT2D eigenvalue weighted by atomic mass is 10.2. The number of rotatable bonds is 6. The highest BCUT2D eigenvalue weighted by molar-refractivity contribution is 5.92. The van der Waals surface area contributed by atoms with E-state index < -0.39 is 0 Å². The summed E-state index contributed by atoms with van der Waals surface area (Å²) >= 11 is 0. The molecule has 1 fully saturated rings. The monoisotopic (exact) mass is 370 g/mol. The zero-order chi connectivity index (χ0) is 19.2. The SMILES string of the molecule is COc1ccc(NC(=O)CN2CCN(c3ccccc3[N+](=O)[O-])CC2)cc1. The van der Waals surface area contributed by atoms with Gasteiger partial charge in [-0.05, 0) is 30.3 Å². The summed E-state index contributed by atoms with van der Waals surface area (Å²) in [6.07, 6.45) is 0. The van der Waals surface area contributed by atoms with Gasteiger partial charge in [-0.25, -0.2) is 0 Å². The Morgan fingerprint density at radius 1 is 1.11 bits per heavy atom. The fourth-order valence-electron chi connectivity index (χ4n) is 3.11. The highest BCUT2D eigenvalue weighted by Crippen LogP contribution is 2.28. The third kappa shape index (κ3) is 4.73. The molecule has 3 rings (SSSR count). The summed E-state index contributed by atoms with van der Waals surface area (Å²) in [7, 11) is 1.59. The zero-order valence-corrected chi connectivity index (χ0v) is 15.1. The van der Waals surface area contributed by atoms with Crippen LogP contribution in [-0.4, -0.2) is 55.6 Å². The number of piperazine rings is 1. The van der Waals surface area contributed by atoms with E-state index in [0.717, 1.165) is 11.4 Å². The van der Waals surface area contributed by atoms with Gasteiger partial charge in [-0.3, -0.25) is 19.8 Å². The van der Waals surface area contributed by atoms with Crippen molar-refractivity contribution in [1.82, 2.24) is 4.90 Å². The second kappa shape index (κ2) is 8.50. The van der Waals surface area contributed by atoms with Gasteiger partial charge < -0.3 is 15.0 Å². The minimum atomic E-state index is -0.357. The van der Waals surface area contributed by atoms with E-state index in [-0.39, 0.29) is 23.1 Å². The summed E-state index contributed by atoms with van der Waals surface area (Å²) in [4.78, 5) is 27.1. The van der Waals surface area contributed by atoms with Gasteiger partial charge in [0.25, 0.3) is 5.69 Å². The summed E-state index contributed by atoms with van der Waals surface area (Å²) in [6, 6.07) is 13.9. The lowest BCUT2D eigenvalue weighted by Crippen LogP contribution is -2.48. The Balaban J connectivity index is 1.52. The molecule has 1 amide bonds. The number of hydrogen-bond acceptors (Lipinski definition) is 6. The molecular formula is C19H22N4O4. The summed E-state index contributed by atoms with van der Waals surface area (Å²) in [5.74, 6) is 0.651. The number of methoxy groups -OCH3 is 1. The number of para-hydroxylation sites is 2. The molecule has 1 saturated heterocycles. The van der Waals surface area contributed by atoms with Gasteiger partial charge in [0.05, 0.1) is 18.6 Å². The Morgan fingerprint density at radius 2 is 1.78 bits per heavy atom. The Kier molecular flexibility index (Phi) is 5.87. The number of anilines is 2. The molecule has 8 heteroatoms. The van der Waals surface area contributed by atoms with Gasteiger partial charge in [0.15, 0.2) is 0 Å². The molecule has 1 N–H and O–H groups in total. The number of amides is 1. The predicted octanol–water partition coefficient (Wildman–Crippen LogP) is 2.36. The smallest absolute Gasteiger partial charge is 0.292 e. The van der Waals surface area contributed by atoms with Crippen molar-refractivity contribution in [3.05, 3.63) is 58.6 Å². The van der Waals surface area contributed by atoms with Crippen molar-refractivity contribution in [2.45, 2.75) is 0 Å². The van der Waals surface area contributed by atoms with Crippen LogP contribution in [0.5, 0.6) is 5.75 Å². The van der Waals surface area contributed by atoms with Crippen LogP contribution in [0.25, 0.3) is 0 Å². The zero-order valence-electron chi connectivity index (χ0n) is 15.1. The number of nitro groups is 1. The van der Waals surface area contributed by atoms with Gasteiger partial charge in [-0.2, -0.15) is 0 Å². The third-order valence-corrected chi connectivity index (χ3v) is 4.53. The lowest BCUT2D eigenvalue weighted by Gasteiger charge is -2.35. The number of ether oxygens (including phenoxy) is 1. The van der Waals surface area contributed by atoms with Gasteiger partial charge in [0, 0.05) is 37.9 Å². The van der Waals surface area contributed by atoms with Crippen molar-refractivity contribution in [1.29, 1.82) is 0 Å². The molecule has 0 spiro atoms. The van der Waals surface area contributed by atoms with Crippen LogP contribution in [-0.2, 0) is 4.79 Å². The van der Waals surface area contributed by atoms with Crippen molar-refractivity contribution in [2.24, 2.45) is 0 Å². The summed E-state index contributed by atoms with van der Waals surface area (Å²) < 4.78 is 5.10. The first-order chi connectivity index (χ1) is 13.1. The highest BCUT2D eigenvalue weighted by atomic mass is 16.6. The van der Waals surface area contributed by atoms with Gasteiger partial charge in [-0.1, -0.05) is 12.1 Å². The van der Waals surface area contributed by atoms with E-state index in [4.69, 9.17) is 4.74 Å². The largest absolute Gasteiger partial charge is 0.497 e. The molecular weight excluding hydrogens is 348 g/mol. The summed E-state index contributed by atoms with van der Waals surface area (Å²) in [5.41, 5.74) is 1.47. The maximum Gasteiger partial charge on any atom is 0.292 e. The summed E-state index contributed by atoms with van der Waals surface area (Å²) in [6.45, 7) is 2.91. The van der Waals surface area contributed by atoms with Crippen LogP contribution >= 0.6 is 0 Å². The van der Waals surface area contributed by atoms with E-state index in [1.807, 2.05) is 9.80 Å². The second-order valence-corrected chi connectivity index (χ2v) is 6.29. The predicted molar refractivity (Wildman–Crippen MR) is 103 cm³/mol. The quantitative estimate of drug-likeness (QED) is 0.620. The van der Waals surface area contributed by atoms with Crippen molar-refractivity contribution in [2.75, 3.05) is 50.1 Å². The Labute approximate surface area is 157 Å². The molecule has 0 unspecified atom stereocenters. The van der Waals surface area contributed by atoms with Crippen LogP contribution in [0.15, 0.2) is 48.5 Å². The third-order valence-electron chi connectivity index (χ3n) is 4.53. The normalized spacial score (nSPS) is 14.6. The average molecular weight is 370 g/mol. The topological polar surface area (TPSA) is 88.0 Å². The van der Waals surface area contributed by atoms with Crippen LogP contribution in [0.2, 0.25) is 0 Å². The lowest BCUT2D eigenvalue weighted by molar-refractivity contribution is -0.384. The molecule has 142 valence electrons. The first-order valence-electron chi connectivity index (χ1n) is 8.71. The molecule has 0 aliphatic carbocycles. The van der Waals surface area contributed by atoms with Gasteiger partial charge in [0.1, 0.15) is 11.4 Å². The number of benzene rings is 2. The number of carbonyl (C=O) groups excluding carboxylic acids is 1. The van der Waals surface area contributed by atoms with Crippen LogP contribution in [0.1, 0.15) is 0 Å². The van der Waals surface area contributed by atoms with Crippen LogP contribution in [0.4, 0.5) is 17.1 Å². The molecule has 8 nitrogen and oxygen atoms in total. The number of nitrogens with one attached hydrogen (secondary N) is 1. The van der Waals surface area contributed by atoms with E-state index in [1.165, 1.54) is 6.07 Å². The maximum absolute atomic E-state index is 12.2. The van der Waals surface area contributed by atoms with E-state index in [9.17, 15) is 14.9 Å².